The van der Waals surface area contributed by atoms with Gasteiger partial charge in [0.05, 0.1) is 24.0 Å². The van der Waals surface area contributed by atoms with Crippen LogP contribution in [0.25, 0.3) is 0 Å². The topological polar surface area (TPSA) is 56.8 Å². The van der Waals surface area contributed by atoms with Crippen molar-refractivity contribution in [3.8, 4) is 12.1 Å². The number of rotatable bonds is 1. The van der Waals surface area contributed by atoms with Crippen LogP contribution < -0.4 is 0 Å². The SMILES string of the molecule is CC1=C2C=CC(C(C)C)=CC=C2C2=C(C=C1)[C@@H]1O[C@H]2[C@@H](C#N)[C@@H]1C#N. The molecule has 4 aliphatic rings. The second-order valence-electron chi connectivity index (χ2n) is 7.32. The molecule has 3 nitrogen and oxygen atoms in total. The van der Waals surface area contributed by atoms with E-state index in [1.807, 2.05) is 0 Å². The minimum absolute atomic E-state index is 0.292. The first-order chi connectivity index (χ1) is 12.1. The van der Waals surface area contributed by atoms with Crippen LogP contribution in [0.15, 0.2) is 69.9 Å². The zero-order valence-corrected chi connectivity index (χ0v) is 14.7. The average Bonchev–Trinajstić information content (AvgIpc) is 2.99. The standard InChI is InChI=1S/C22H20N2O/c1-12(2)14-5-8-15-13(3)4-7-17-20(16(15)9-6-14)22-19(11-24)18(10-23)21(17)25-22/h4-9,12,18-19,21-22H,1-3H3/t18-,19-,21-,22-/m0/s1. The highest BCUT2D eigenvalue weighted by Crippen LogP contribution is 2.51. The molecule has 1 fully saturated rings. The Hall–Kier alpha value is -2.62. The molecule has 2 aliphatic heterocycles. The fourth-order valence-electron chi connectivity index (χ4n) is 4.19. The third-order valence-corrected chi connectivity index (χ3v) is 5.60. The molecule has 0 radical (unpaired) electrons. The minimum atomic E-state index is -0.400. The van der Waals surface area contributed by atoms with Crippen molar-refractivity contribution in [2.75, 3.05) is 0 Å². The molecular formula is C22H20N2O. The number of fused-ring (bicyclic) bond motifs is 6. The van der Waals surface area contributed by atoms with Gasteiger partial charge in [-0.2, -0.15) is 10.5 Å². The second kappa shape index (κ2) is 5.73. The Bertz CT molecular complexity index is 909. The summed E-state index contributed by atoms with van der Waals surface area (Å²) in [5.41, 5.74) is 6.94. The molecule has 0 amide bonds. The van der Waals surface area contributed by atoms with E-state index in [9.17, 15) is 10.5 Å². The summed E-state index contributed by atoms with van der Waals surface area (Å²) in [4.78, 5) is 0. The van der Waals surface area contributed by atoms with Crippen LogP contribution in [0.5, 0.6) is 0 Å². The Kier molecular flexibility index (Phi) is 3.64. The molecule has 2 aliphatic carbocycles. The monoisotopic (exact) mass is 328 g/mol. The first-order valence-corrected chi connectivity index (χ1v) is 8.75. The predicted molar refractivity (Wildman–Crippen MR) is 95.9 cm³/mol. The van der Waals surface area contributed by atoms with E-state index in [-0.39, 0.29) is 18.1 Å². The lowest BCUT2D eigenvalue weighted by Gasteiger charge is -2.23. The summed E-state index contributed by atoms with van der Waals surface area (Å²) in [7, 11) is 0. The van der Waals surface area contributed by atoms with Crippen molar-refractivity contribution in [3.05, 3.63) is 69.9 Å². The molecule has 0 aromatic rings. The fourth-order valence-corrected chi connectivity index (χ4v) is 4.19. The average molecular weight is 328 g/mol. The van der Waals surface area contributed by atoms with Gasteiger partial charge in [0, 0.05) is 0 Å². The molecule has 124 valence electrons. The van der Waals surface area contributed by atoms with E-state index in [1.165, 1.54) is 16.7 Å². The van der Waals surface area contributed by atoms with E-state index < -0.39 is 5.92 Å². The van der Waals surface area contributed by atoms with Crippen molar-refractivity contribution < 1.29 is 4.74 Å². The summed E-state index contributed by atoms with van der Waals surface area (Å²) in [6, 6.07) is 4.61. The Morgan fingerprint density at radius 1 is 0.960 bits per heavy atom. The van der Waals surface area contributed by atoms with Gasteiger partial charge in [-0.3, -0.25) is 0 Å². The minimum Gasteiger partial charge on any atom is -0.363 e. The quantitative estimate of drug-likeness (QED) is 0.721. The summed E-state index contributed by atoms with van der Waals surface area (Å²) >= 11 is 0. The number of nitrogens with zero attached hydrogens (tertiary/aromatic N) is 2. The largest absolute Gasteiger partial charge is 0.363 e. The van der Waals surface area contributed by atoms with Gasteiger partial charge < -0.3 is 4.74 Å². The van der Waals surface area contributed by atoms with E-state index in [4.69, 9.17) is 4.74 Å². The summed E-state index contributed by atoms with van der Waals surface area (Å²) in [5, 5.41) is 19.1. The van der Waals surface area contributed by atoms with E-state index in [0.717, 1.165) is 16.7 Å². The molecule has 0 spiro atoms. The molecule has 0 aromatic heterocycles. The van der Waals surface area contributed by atoms with Crippen molar-refractivity contribution in [2.24, 2.45) is 17.8 Å². The Balaban J connectivity index is 1.90. The van der Waals surface area contributed by atoms with Crippen LogP contribution >= 0.6 is 0 Å². The van der Waals surface area contributed by atoms with Crippen LogP contribution in [0, 0.1) is 40.4 Å². The van der Waals surface area contributed by atoms with Crippen molar-refractivity contribution in [2.45, 2.75) is 33.0 Å². The maximum atomic E-state index is 9.59. The molecule has 0 aromatic carbocycles. The van der Waals surface area contributed by atoms with Crippen LogP contribution in [-0.2, 0) is 4.74 Å². The highest BCUT2D eigenvalue weighted by molar-refractivity contribution is 5.67. The summed E-state index contributed by atoms with van der Waals surface area (Å²) < 4.78 is 6.10. The van der Waals surface area contributed by atoms with Gasteiger partial charge in [-0.25, -0.2) is 0 Å². The van der Waals surface area contributed by atoms with Crippen molar-refractivity contribution in [3.63, 3.8) is 0 Å². The van der Waals surface area contributed by atoms with Crippen molar-refractivity contribution in [1.82, 2.24) is 0 Å². The molecule has 2 bridgehead atoms. The van der Waals surface area contributed by atoms with Gasteiger partial charge in [0.25, 0.3) is 0 Å². The van der Waals surface area contributed by atoms with E-state index in [2.05, 4.69) is 69.4 Å². The number of ether oxygens (including phenoxy) is 1. The van der Waals surface area contributed by atoms with Gasteiger partial charge in [0.15, 0.2) is 0 Å². The van der Waals surface area contributed by atoms with Gasteiger partial charge in [-0.1, -0.05) is 50.3 Å². The van der Waals surface area contributed by atoms with Crippen LogP contribution in [0.4, 0.5) is 0 Å². The lowest BCUT2D eigenvalue weighted by Crippen LogP contribution is -2.28. The maximum Gasteiger partial charge on any atom is 0.102 e. The van der Waals surface area contributed by atoms with E-state index in [1.54, 1.807) is 0 Å². The lowest BCUT2D eigenvalue weighted by molar-refractivity contribution is 0.104. The van der Waals surface area contributed by atoms with E-state index >= 15 is 0 Å². The Morgan fingerprint density at radius 3 is 2.36 bits per heavy atom. The van der Waals surface area contributed by atoms with Crippen molar-refractivity contribution in [1.29, 1.82) is 10.5 Å². The molecule has 2 heterocycles. The molecule has 1 saturated heterocycles. The van der Waals surface area contributed by atoms with Crippen molar-refractivity contribution >= 4 is 0 Å². The zero-order valence-electron chi connectivity index (χ0n) is 14.7. The molecule has 4 rings (SSSR count). The first-order valence-electron chi connectivity index (χ1n) is 8.75. The molecule has 4 atom stereocenters. The van der Waals surface area contributed by atoms with Gasteiger partial charge in [-0.05, 0) is 46.3 Å². The van der Waals surface area contributed by atoms with Crippen LogP contribution in [0.2, 0.25) is 0 Å². The maximum absolute atomic E-state index is 9.59. The second-order valence-corrected chi connectivity index (χ2v) is 7.32. The van der Waals surface area contributed by atoms with E-state index in [0.29, 0.717) is 5.92 Å². The number of nitriles is 2. The number of hydrogen-bond acceptors (Lipinski definition) is 3. The first kappa shape index (κ1) is 15.9. The molecule has 0 unspecified atom stereocenters. The molecular weight excluding hydrogens is 308 g/mol. The number of hydrogen-bond donors (Lipinski definition) is 0. The molecule has 25 heavy (non-hydrogen) atoms. The van der Waals surface area contributed by atoms with Crippen LogP contribution in [0.3, 0.4) is 0 Å². The predicted octanol–water partition coefficient (Wildman–Crippen LogP) is 4.31. The summed E-state index contributed by atoms with van der Waals surface area (Å²) in [6.07, 6.45) is 12.3. The summed E-state index contributed by atoms with van der Waals surface area (Å²) in [5.74, 6) is -0.334. The molecule has 3 heteroatoms. The Labute approximate surface area is 148 Å². The Morgan fingerprint density at radius 2 is 1.68 bits per heavy atom. The number of allylic oxidation sites excluding steroid dienone is 8. The van der Waals surface area contributed by atoms with Gasteiger partial charge in [0.2, 0.25) is 0 Å². The highest BCUT2D eigenvalue weighted by atomic mass is 16.5. The highest BCUT2D eigenvalue weighted by Gasteiger charge is 2.54. The smallest absolute Gasteiger partial charge is 0.102 e. The summed E-state index contributed by atoms with van der Waals surface area (Å²) in [6.45, 7) is 6.48. The molecule has 0 N–H and O–H groups in total. The molecule has 0 saturated carbocycles. The van der Waals surface area contributed by atoms with Crippen LogP contribution in [0.1, 0.15) is 20.8 Å². The normalized spacial score (nSPS) is 32.6. The fraction of sp³-hybridized carbons (Fsp3) is 0.364. The third kappa shape index (κ3) is 2.20. The third-order valence-electron chi connectivity index (χ3n) is 5.60. The van der Waals surface area contributed by atoms with Gasteiger partial charge >= 0.3 is 0 Å². The zero-order chi connectivity index (χ0) is 17.7. The van der Waals surface area contributed by atoms with Gasteiger partial charge in [0.1, 0.15) is 12.2 Å². The lowest BCUT2D eigenvalue weighted by atomic mass is 9.74. The van der Waals surface area contributed by atoms with Gasteiger partial charge in [-0.15, -0.1) is 0 Å². The van der Waals surface area contributed by atoms with Crippen LogP contribution in [-0.4, -0.2) is 12.2 Å².